The van der Waals surface area contributed by atoms with Crippen LogP contribution in [0.25, 0.3) is 0 Å². The first kappa shape index (κ1) is 20.4. The van der Waals surface area contributed by atoms with Crippen molar-refractivity contribution in [3.05, 3.63) is 64.2 Å². The molecule has 0 saturated carbocycles. The largest absolute Gasteiger partial charge is 0.453 e. The Labute approximate surface area is 159 Å². The van der Waals surface area contributed by atoms with Crippen LogP contribution in [0.5, 0.6) is 0 Å². The Hall–Kier alpha value is -3.95. The molecule has 10 nitrogen and oxygen atoms in total. The van der Waals surface area contributed by atoms with Crippen LogP contribution in [0.3, 0.4) is 0 Å². The van der Waals surface area contributed by atoms with Gasteiger partial charge in [-0.15, -0.1) is 0 Å². The van der Waals surface area contributed by atoms with Gasteiger partial charge in [0.1, 0.15) is 5.69 Å². The van der Waals surface area contributed by atoms with Gasteiger partial charge in [-0.1, -0.05) is 18.2 Å². The molecule has 0 aliphatic heterocycles. The Morgan fingerprint density at radius 3 is 2.39 bits per heavy atom. The molecule has 0 heterocycles. The SMILES string of the molecule is COC(=O)NC(=O)[C@H](C)OC(=O)c1ccc(Nc2ccccc2)c([N+](=O)[O-])c1. The number of alkyl carbamates (subject to hydrolysis) is 1. The summed E-state index contributed by atoms with van der Waals surface area (Å²) in [5.41, 5.74) is 0.353. The van der Waals surface area contributed by atoms with Crippen molar-refractivity contribution in [3.8, 4) is 0 Å². The molecule has 0 fully saturated rings. The summed E-state index contributed by atoms with van der Waals surface area (Å²) in [7, 11) is 1.07. The van der Waals surface area contributed by atoms with E-state index < -0.39 is 29.0 Å². The van der Waals surface area contributed by atoms with Gasteiger partial charge in [0.05, 0.1) is 17.6 Å². The standard InChI is InChI=1S/C18H17N3O7/c1-11(16(22)20-18(24)27-2)28-17(23)12-8-9-14(15(10-12)21(25)26)19-13-6-4-3-5-7-13/h3-11,19H,1-2H3,(H,20,22,24)/t11-/m0/s1. The van der Waals surface area contributed by atoms with Gasteiger partial charge in [-0.3, -0.25) is 20.2 Å². The highest BCUT2D eigenvalue weighted by Crippen LogP contribution is 2.29. The molecule has 146 valence electrons. The molecule has 2 aromatic carbocycles. The number of esters is 1. The van der Waals surface area contributed by atoms with E-state index in [0.29, 0.717) is 5.69 Å². The summed E-state index contributed by atoms with van der Waals surface area (Å²) in [4.78, 5) is 45.6. The van der Waals surface area contributed by atoms with Crippen molar-refractivity contribution in [1.29, 1.82) is 0 Å². The number of nitro groups is 1. The maximum absolute atomic E-state index is 12.2. The summed E-state index contributed by atoms with van der Waals surface area (Å²) in [6.45, 7) is 1.25. The van der Waals surface area contributed by atoms with Crippen LogP contribution in [0.4, 0.5) is 21.9 Å². The Morgan fingerprint density at radius 2 is 1.79 bits per heavy atom. The number of imide groups is 1. The third kappa shape index (κ3) is 5.27. The molecule has 0 unspecified atom stereocenters. The molecule has 0 aliphatic rings. The lowest BCUT2D eigenvalue weighted by Gasteiger charge is -2.13. The van der Waals surface area contributed by atoms with Crippen LogP contribution in [-0.4, -0.2) is 36.1 Å². The van der Waals surface area contributed by atoms with Crippen molar-refractivity contribution >= 4 is 35.0 Å². The van der Waals surface area contributed by atoms with Crippen LogP contribution >= 0.6 is 0 Å². The summed E-state index contributed by atoms with van der Waals surface area (Å²) in [5, 5.41) is 16.1. The fourth-order valence-electron chi connectivity index (χ4n) is 2.13. The number of hydrogen-bond donors (Lipinski definition) is 2. The predicted molar refractivity (Wildman–Crippen MR) is 98.2 cm³/mol. The number of hydrogen-bond acceptors (Lipinski definition) is 8. The summed E-state index contributed by atoms with van der Waals surface area (Å²) in [5.74, 6) is -1.85. The number of amides is 2. The van der Waals surface area contributed by atoms with E-state index in [9.17, 15) is 24.5 Å². The molecular weight excluding hydrogens is 370 g/mol. The van der Waals surface area contributed by atoms with Crippen LogP contribution in [0.2, 0.25) is 0 Å². The molecule has 0 saturated heterocycles. The van der Waals surface area contributed by atoms with Gasteiger partial charge in [0.25, 0.3) is 11.6 Å². The van der Waals surface area contributed by atoms with Crippen molar-refractivity contribution in [3.63, 3.8) is 0 Å². The summed E-state index contributed by atoms with van der Waals surface area (Å²) < 4.78 is 9.21. The van der Waals surface area contributed by atoms with Gasteiger partial charge < -0.3 is 14.8 Å². The molecule has 0 aromatic heterocycles. The first-order valence-electron chi connectivity index (χ1n) is 8.02. The van der Waals surface area contributed by atoms with Crippen molar-refractivity contribution in [2.45, 2.75) is 13.0 Å². The molecular formula is C18H17N3O7. The van der Waals surface area contributed by atoms with E-state index in [1.54, 1.807) is 30.3 Å². The third-order valence-corrected chi connectivity index (χ3v) is 3.55. The molecule has 0 radical (unpaired) electrons. The average molecular weight is 387 g/mol. The van der Waals surface area contributed by atoms with Crippen LogP contribution < -0.4 is 10.6 Å². The number of nitro benzene ring substituents is 1. The van der Waals surface area contributed by atoms with E-state index in [1.807, 2.05) is 5.32 Å². The lowest BCUT2D eigenvalue weighted by Crippen LogP contribution is -2.39. The van der Waals surface area contributed by atoms with Crippen molar-refractivity contribution in [2.75, 3.05) is 12.4 Å². The maximum Gasteiger partial charge on any atom is 0.413 e. The Bertz CT molecular complexity index is 899. The van der Waals surface area contributed by atoms with Gasteiger partial charge in [0, 0.05) is 11.8 Å². The number of para-hydroxylation sites is 1. The number of ether oxygens (including phenoxy) is 2. The fourth-order valence-corrected chi connectivity index (χ4v) is 2.13. The lowest BCUT2D eigenvalue weighted by atomic mass is 10.1. The predicted octanol–water partition coefficient (Wildman–Crippen LogP) is 2.77. The fraction of sp³-hybridized carbons (Fsp3) is 0.167. The molecule has 0 spiro atoms. The Balaban J connectivity index is 2.16. The van der Waals surface area contributed by atoms with Crippen molar-refractivity contribution in [2.24, 2.45) is 0 Å². The lowest BCUT2D eigenvalue weighted by molar-refractivity contribution is -0.383. The summed E-state index contributed by atoms with van der Waals surface area (Å²) in [6, 6.07) is 12.5. The number of methoxy groups -OCH3 is 1. The molecule has 2 rings (SSSR count). The second kappa shape index (κ2) is 9.12. The summed E-state index contributed by atoms with van der Waals surface area (Å²) >= 11 is 0. The topological polar surface area (TPSA) is 137 Å². The van der Waals surface area contributed by atoms with Crippen LogP contribution in [0.15, 0.2) is 48.5 Å². The third-order valence-electron chi connectivity index (χ3n) is 3.55. The second-order valence-electron chi connectivity index (χ2n) is 5.51. The van der Waals surface area contributed by atoms with Crippen LogP contribution in [0, 0.1) is 10.1 Å². The highest BCUT2D eigenvalue weighted by Gasteiger charge is 2.23. The molecule has 2 amide bonds. The zero-order valence-electron chi connectivity index (χ0n) is 15.0. The monoisotopic (exact) mass is 387 g/mol. The van der Waals surface area contributed by atoms with Gasteiger partial charge in [-0.25, -0.2) is 9.59 Å². The highest BCUT2D eigenvalue weighted by molar-refractivity contribution is 5.97. The van der Waals surface area contributed by atoms with Gasteiger partial charge in [0.15, 0.2) is 6.10 Å². The summed E-state index contributed by atoms with van der Waals surface area (Å²) in [6.07, 6.45) is -2.31. The average Bonchev–Trinajstić information content (AvgIpc) is 2.68. The normalized spacial score (nSPS) is 11.1. The van der Waals surface area contributed by atoms with E-state index in [4.69, 9.17) is 4.74 Å². The van der Waals surface area contributed by atoms with E-state index in [1.165, 1.54) is 19.1 Å². The zero-order chi connectivity index (χ0) is 20.7. The van der Waals surface area contributed by atoms with Gasteiger partial charge in [0.2, 0.25) is 0 Å². The smallest absolute Gasteiger partial charge is 0.413 e. The van der Waals surface area contributed by atoms with Crippen LogP contribution in [-0.2, 0) is 14.3 Å². The number of carbonyl (C=O) groups is 3. The van der Waals surface area contributed by atoms with Gasteiger partial charge in [-0.2, -0.15) is 0 Å². The second-order valence-corrected chi connectivity index (χ2v) is 5.51. The number of nitrogens with one attached hydrogen (secondary N) is 2. The Morgan fingerprint density at radius 1 is 1.11 bits per heavy atom. The van der Waals surface area contributed by atoms with E-state index in [0.717, 1.165) is 13.2 Å². The first-order chi connectivity index (χ1) is 13.3. The molecule has 0 aliphatic carbocycles. The molecule has 1 atom stereocenters. The number of nitrogens with zero attached hydrogens (tertiary/aromatic N) is 1. The minimum Gasteiger partial charge on any atom is -0.453 e. The van der Waals surface area contributed by atoms with E-state index >= 15 is 0 Å². The minimum atomic E-state index is -1.31. The number of rotatable bonds is 6. The molecule has 2 N–H and O–H groups in total. The molecule has 28 heavy (non-hydrogen) atoms. The number of benzene rings is 2. The minimum absolute atomic E-state index is 0.122. The molecule has 0 bridgehead atoms. The van der Waals surface area contributed by atoms with Crippen molar-refractivity contribution in [1.82, 2.24) is 5.32 Å². The number of carbonyl (C=O) groups excluding carboxylic acids is 3. The molecule has 2 aromatic rings. The van der Waals surface area contributed by atoms with Gasteiger partial charge in [-0.05, 0) is 31.2 Å². The van der Waals surface area contributed by atoms with E-state index in [-0.39, 0.29) is 16.9 Å². The van der Waals surface area contributed by atoms with Crippen LogP contribution in [0.1, 0.15) is 17.3 Å². The van der Waals surface area contributed by atoms with Gasteiger partial charge >= 0.3 is 12.1 Å². The zero-order valence-corrected chi connectivity index (χ0v) is 15.0. The van der Waals surface area contributed by atoms with Crippen molar-refractivity contribution < 1.29 is 28.8 Å². The Kier molecular flexibility index (Phi) is 6.63. The molecule has 10 heteroatoms. The maximum atomic E-state index is 12.2. The highest BCUT2D eigenvalue weighted by atomic mass is 16.6. The quantitative estimate of drug-likeness (QED) is 0.438. The number of anilines is 2. The van der Waals surface area contributed by atoms with E-state index in [2.05, 4.69) is 10.1 Å². The first-order valence-corrected chi connectivity index (χ1v) is 8.02.